The van der Waals surface area contributed by atoms with E-state index in [2.05, 4.69) is 4.98 Å². The maximum absolute atomic E-state index is 11.7. The molecule has 0 fully saturated rings. The molecule has 2 aromatic rings. The molecule has 1 aromatic heterocycles. The van der Waals surface area contributed by atoms with Crippen molar-refractivity contribution in [2.75, 3.05) is 5.73 Å². The Morgan fingerprint density at radius 3 is 2.76 bits per heavy atom. The summed E-state index contributed by atoms with van der Waals surface area (Å²) in [4.78, 5) is 15.9. The number of carbonyl (C=O) groups is 1. The van der Waals surface area contributed by atoms with Gasteiger partial charge in [0, 0.05) is 5.39 Å². The minimum Gasteiger partial charge on any atom is -0.458 e. The number of nitrogens with two attached hydrogens (primary N) is 1. The second-order valence-electron chi connectivity index (χ2n) is 4.07. The summed E-state index contributed by atoms with van der Waals surface area (Å²) in [5, 5.41) is 0.908. The number of para-hydroxylation sites is 1. The van der Waals surface area contributed by atoms with Gasteiger partial charge < -0.3 is 10.5 Å². The number of hydrogen-bond acceptors (Lipinski definition) is 4. The molecule has 4 nitrogen and oxygen atoms in total. The summed E-state index contributed by atoms with van der Waals surface area (Å²) >= 11 is 0. The van der Waals surface area contributed by atoms with Crippen molar-refractivity contribution in [3.63, 3.8) is 0 Å². The maximum atomic E-state index is 11.7. The Kier molecular flexibility index (Phi) is 2.95. The van der Waals surface area contributed by atoms with E-state index in [9.17, 15) is 4.79 Å². The number of nitrogens with zero attached hydrogens (tertiary/aromatic N) is 1. The predicted molar refractivity (Wildman–Crippen MR) is 66.7 cm³/mol. The molecule has 4 heteroatoms. The molecule has 2 N–H and O–H groups in total. The number of nitrogen functional groups attached to an aromatic ring is 1. The Bertz CT molecular complexity index is 564. The molecule has 0 saturated carbocycles. The van der Waals surface area contributed by atoms with E-state index >= 15 is 0 Å². The van der Waals surface area contributed by atoms with Crippen molar-refractivity contribution in [3.05, 3.63) is 36.0 Å². The van der Waals surface area contributed by atoms with Crippen LogP contribution in [-0.4, -0.2) is 17.1 Å². The zero-order valence-electron chi connectivity index (χ0n) is 9.81. The van der Waals surface area contributed by atoms with Gasteiger partial charge in [0.05, 0.1) is 17.3 Å². The Balaban J connectivity index is 2.44. The van der Waals surface area contributed by atoms with Crippen LogP contribution in [0.15, 0.2) is 30.3 Å². The SMILES string of the molecule is CC(C)OC(=O)c1ccc2cccc(N)c2n1. The van der Waals surface area contributed by atoms with Crippen LogP contribution in [0.25, 0.3) is 10.9 Å². The van der Waals surface area contributed by atoms with Crippen LogP contribution in [0, 0.1) is 0 Å². The van der Waals surface area contributed by atoms with E-state index in [1.165, 1.54) is 0 Å². The third kappa shape index (κ3) is 2.36. The molecule has 0 bridgehead atoms. The first-order valence-corrected chi connectivity index (χ1v) is 5.44. The average Bonchev–Trinajstić information content (AvgIpc) is 2.28. The topological polar surface area (TPSA) is 65.2 Å². The number of carbonyl (C=O) groups excluding carboxylic acids is 1. The Hall–Kier alpha value is -2.10. The van der Waals surface area contributed by atoms with Crippen LogP contribution >= 0.6 is 0 Å². The van der Waals surface area contributed by atoms with Crippen LogP contribution in [0.4, 0.5) is 5.69 Å². The summed E-state index contributed by atoms with van der Waals surface area (Å²) in [5.74, 6) is -0.426. The molecular formula is C13H14N2O2. The molecule has 0 amide bonds. The third-order valence-electron chi connectivity index (χ3n) is 2.30. The summed E-state index contributed by atoms with van der Waals surface area (Å²) in [6, 6.07) is 8.97. The molecule has 0 aliphatic heterocycles. The van der Waals surface area contributed by atoms with Gasteiger partial charge in [-0.3, -0.25) is 0 Å². The first kappa shape index (κ1) is 11.4. The fourth-order valence-corrected chi connectivity index (χ4v) is 1.56. The van der Waals surface area contributed by atoms with Gasteiger partial charge in [0.15, 0.2) is 0 Å². The van der Waals surface area contributed by atoms with Crippen molar-refractivity contribution in [3.8, 4) is 0 Å². The van der Waals surface area contributed by atoms with E-state index in [4.69, 9.17) is 10.5 Å². The van der Waals surface area contributed by atoms with Gasteiger partial charge in [-0.2, -0.15) is 0 Å². The average molecular weight is 230 g/mol. The lowest BCUT2D eigenvalue weighted by molar-refractivity contribution is 0.0371. The molecule has 88 valence electrons. The van der Waals surface area contributed by atoms with Crippen LogP contribution in [0.5, 0.6) is 0 Å². The second-order valence-corrected chi connectivity index (χ2v) is 4.07. The van der Waals surface area contributed by atoms with Crippen molar-refractivity contribution in [1.29, 1.82) is 0 Å². The van der Waals surface area contributed by atoms with E-state index in [1.807, 2.05) is 18.2 Å². The van der Waals surface area contributed by atoms with Crippen molar-refractivity contribution in [1.82, 2.24) is 4.98 Å². The third-order valence-corrected chi connectivity index (χ3v) is 2.30. The highest BCUT2D eigenvalue weighted by atomic mass is 16.5. The number of fused-ring (bicyclic) bond motifs is 1. The van der Waals surface area contributed by atoms with Crippen LogP contribution < -0.4 is 5.73 Å². The molecule has 0 saturated heterocycles. The summed E-state index contributed by atoms with van der Waals surface area (Å²) in [7, 11) is 0. The van der Waals surface area contributed by atoms with Crippen LogP contribution in [0.1, 0.15) is 24.3 Å². The van der Waals surface area contributed by atoms with Crippen LogP contribution in [-0.2, 0) is 4.74 Å². The van der Waals surface area contributed by atoms with Gasteiger partial charge in [-0.25, -0.2) is 9.78 Å². The minimum absolute atomic E-state index is 0.159. The van der Waals surface area contributed by atoms with Crippen molar-refractivity contribution in [2.45, 2.75) is 20.0 Å². The van der Waals surface area contributed by atoms with Gasteiger partial charge >= 0.3 is 5.97 Å². The van der Waals surface area contributed by atoms with Crippen LogP contribution in [0.2, 0.25) is 0 Å². The number of rotatable bonds is 2. The van der Waals surface area contributed by atoms with Crippen molar-refractivity contribution < 1.29 is 9.53 Å². The number of pyridine rings is 1. The standard InChI is InChI=1S/C13H14N2O2/c1-8(2)17-13(16)11-7-6-9-4-3-5-10(14)12(9)15-11/h3-8H,14H2,1-2H3. The molecule has 1 aromatic carbocycles. The molecule has 0 unspecified atom stereocenters. The van der Waals surface area contributed by atoms with Gasteiger partial charge in [-0.1, -0.05) is 18.2 Å². The zero-order valence-corrected chi connectivity index (χ0v) is 9.81. The molecule has 1 heterocycles. The maximum Gasteiger partial charge on any atom is 0.357 e. The van der Waals surface area contributed by atoms with Gasteiger partial charge in [0.2, 0.25) is 0 Å². The van der Waals surface area contributed by atoms with Crippen molar-refractivity contribution in [2.24, 2.45) is 0 Å². The van der Waals surface area contributed by atoms with Crippen molar-refractivity contribution >= 4 is 22.6 Å². The number of esters is 1. The fraction of sp³-hybridized carbons (Fsp3) is 0.231. The highest BCUT2D eigenvalue weighted by molar-refractivity contribution is 5.94. The summed E-state index contributed by atoms with van der Waals surface area (Å²) < 4.78 is 5.08. The molecule has 0 atom stereocenters. The van der Waals surface area contributed by atoms with Gasteiger partial charge in [-0.05, 0) is 26.0 Å². The molecule has 2 rings (SSSR count). The Morgan fingerprint density at radius 1 is 1.29 bits per heavy atom. The number of aromatic nitrogens is 1. The molecule has 0 spiro atoms. The normalized spacial score (nSPS) is 10.8. The quantitative estimate of drug-likeness (QED) is 0.635. The Labute approximate surface area is 99.4 Å². The monoisotopic (exact) mass is 230 g/mol. The van der Waals surface area contributed by atoms with Gasteiger partial charge in [0.25, 0.3) is 0 Å². The summed E-state index contributed by atoms with van der Waals surface area (Å²) in [6.07, 6.45) is -0.159. The first-order valence-electron chi connectivity index (χ1n) is 5.44. The Morgan fingerprint density at radius 2 is 2.06 bits per heavy atom. The number of ether oxygens (including phenoxy) is 1. The van der Waals surface area contributed by atoms with Gasteiger partial charge in [-0.15, -0.1) is 0 Å². The lowest BCUT2D eigenvalue weighted by atomic mass is 10.2. The predicted octanol–water partition coefficient (Wildman–Crippen LogP) is 2.38. The van der Waals surface area contributed by atoms with E-state index in [0.717, 1.165) is 5.39 Å². The number of anilines is 1. The molecule has 0 aliphatic rings. The number of benzene rings is 1. The molecule has 0 aliphatic carbocycles. The molecule has 17 heavy (non-hydrogen) atoms. The largest absolute Gasteiger partial charge is 0.458 e. The van der Waals surface area contributed by atoms with E-state index < -0.39 is 5.97 Å². The van der Waals surface area contributed by atoms with E-state index in [-0.39, 0.29) is 11.8 Å². The summed E-state index contributed by atoms with van der Waals surface area (Å²) in [5.41, 5.74) is 7.28. The minimum atomic E-state index is -0.426. The molecule has 0 radical (unpaired) electrons. The highest BCUT2D eigenvalue weighted by Gasteiger charge is 2.11. The lowest BCUT2D eigenvalue weighted by Crippen LogP contribution is -2.13. The second kappa shape index (κ2) is 4.41. The molecular weight excluding hydrogens is 216 g/mol. The van der Waals surface area contributed by atoms with Crippen LogP contribution in [0.3, 0.4) is 0 Å². The van der Waals surface area contributed by atoms with E-state index in [0.29, 0.717) is 11.2 Å². The first-order chi connectivity index (χ1) is 8.08. The van der Waals surface area contributed by atoms with E-state index in [1.54, 1.807) is 26.0 Å². The zero-order chi connectivity index (χ0) is 12.4. The number of hydrogen-bond donors (Lipinski definition) is 1. The highest BCUT2D eigenvalue weighted by Crippen LogP contribution is 2.19. The fourth-order valence-electron chi connectivity index (χ4n) is 1.56. The lowest BCUT2D eigenvalue weighted by Gasteiger charge is -2.08. The smallest absolute Gasteiger partial charge is 0.357 e. The van der Waals surface area contributed by atoms with Gasteiger partial charge in [0.1, 0.15) is 5.69 Å². The summed E-state index contributed by atoms with van der Waals surface area (Å²) in [6.45, 7) is 3.60.